The lowest BCUT2D eigenvalue weighted by Crippen LogP contribution is -2.10. The lowest BCUT2D eigenvalue weighted by Gasteiger charge is -2.05. The largest absolute Gasteiger partial charge is 0.486 e. The van der Waals surface area contributed by atoms with Crippen LogP contribution in [-0.2, 0) is 14.3 Å². The lowest BCUT2D eigenvalue weighted by molar-refractivity contribution is -0.142. The van der Waals surface area contributed by atoms with Crippen LogP contribution in [0, 0.1) is 11.3 Å². The smallest absolute Gasteiger partial charge is 0.374 e. The quantitative estimate of drug-likeness (QED) is 0.272. The van der Waals surface area contributed by atoms with Crippen molar-refractivity contribution in [2.75, 3.05) is 13.2 Å². The van der Waals surface area contributed by atoms with E-state index in [4.69, 9.17) is 10.00 Å². The van der Waals surface area contributed by atoms with E-state index in [2.05, 4.69) is 4.74 Å². The summed E-state index contributed by atoms with van der Waals surface area (Å²) < 4.78 is 9.49. The van der Waals surface area contributed by atoms with Crippen molar-refractivity contribution in [3.63, 3.8) is 0 Å². The third-order valence-corrected chi connectivity index (χ3v) is 0.972. The van der Waals surface area contributed by atoms with E-state index in [0.717, 1.165) is 6.08 Å². The van der Waals surface area contributed by atoms with Crippen LogP contribution in [0.3, 0.4) is 0 Å². The van der Waals surface area contributed by atoms with Gasteiger partial charge >= 0.3 is 5.97 Å². The molecule has 0 fully saturated rings. The van der Waals surface area contributed by atoms with Crippen LogP contribution in [0.5, 0.6) is 0 Å². The molecule has 12 heavy (non-hydrogen) atoms. The van der Waals surface area contributed by atoms with Crippen LogP contribution in [0.2, 0.25) is 0 Å². The molecule has 66 valence electrons. The van der Waals surface area contributed by atoms with Gasteiger partial charge in [0.1, 0.15) is 0 Å². The normalized spacial score (nSPS) is 10.2. The molecule has 0 aromatic carbocycles. The molecule has 0 aliphatic heterocycles. The molecule has 0 amide bonds. The molecule has 0 N–H and O–H groups in total. The molecule has 0 aliphatic carbocycles. The fourth-order valence-corrected chi connectivity index (χ4v) is 0.576. The SMILES string of the molecule is CCOC(=O)C(=CC#N)OCC. The van der Waals surface area contributed by atoms with E-state index in [-0.39, 0.29) is 12.4 Å². The zero-order valence-electron chi connectivity index (χ0n) is 7.16. The van der Waals surface area contributed by atoms with E-state index in [1.54, 1.807) is 19.9 Å². The van der Waals surface area contributed by atoms with Gasteiger partial charge in [-0.2, -0.15) is 5.26 Å². The Labute approximate surface area is 71.4 Å². The second kappa shape index (κ2) is 6.23. The standard InChI is InChI=1S/C8H11NO3/c1-3-11-7(5-6-9)8(10)12-4-2/h5H,3-4H2,1-2H3. The van der Waals surface area contributed by atoms with Gasteiger partial charge in [-0.25, -0.2) is 4.79 Å². The minimum atomic E-state index is -0.596. The number of esters is 1. The molecule has 4 heteroatoms. The van der Waals surface area contributed by atoms with Crippen molar-refractivity contribution >= 4 is 5.97 Å². The summed E-state index contributed by atoms with van der Waals surface area (Å²) in [6.07, 6.45) is 1.03. The van der Waals surface area contributed by atoms with Gasteiger partial charge in [-0.3, -0.25) is 0 Å². The van der Waals surface area contributed by atoms with Gasteiger partial charge in [-0.05, 0) is 13.8 Å². The molecule has 0 bridgehead atoms. The molecule has 0 rings (SSSR count). The Morgan fingerprint density at radius 3 is 2.42 bits per heavy atom. The Hall–Kier alpha value is -1.50. The molecular weight excluding hydrogens is 158 g/mol. The molecule has 0 atom stereocenters. The number of carbonyl (C=O) groups excluding carboxylic acids is 1. The Bertz CT molecular complexity index is 215. The first kappa shape index (κ1) is 10.5. The monoisotopic (exact) mass is 169 g/mol. The van der Waals surface area contributed by atoms with Gasteiger partial charge in [0.2, 0.25) is 5.76 Å². The molecule has 0 spiro atoms. The van der Waals surface area contributed by atoms with E-state index >= 15 is 0 Å². The number of ether oxygens (including phenoxy) is 2. The maximum Gasteiger partial charge on any atom is 0.374 e. The molecule has 0 saturated carbocycles. The highest BCUT2D eigenvalue weighted by Crippen LogP contribution is 1.99. The summed E-state index contributed by atoms with van der Waals surface area (Å²) in [4.78, 5) is 11.0. The minimum absolute atomic E-state index is 0.0400. The van der Waals surface area contributed by atoms with Crippen molar-refractivity contribution in [1.82, 2.24) is 0 Å². The number of allylic oxidation sites excluding steroid dienone is 1. The first-order chi connectivity index (χ1) is 5.76. The zero-order valence-corrected chi connectivity index (χ0v) is 7.16. The summed E-state index contributed by atoms with van der Waals surface area (Å²) in [6.45, 7) is 4.03. The van der Waals surface area contributed by atoms with Crippen LogP contribution in [0.1, 0.15) is 13.8 Å². The summed E-state index contributed by atoms with van der Waals surface area (Å²) >= 11 is 0. The van der Waals surface area contributed by atoms with Crippen molar-refractivity contribution in [2.24, 2.45) is 0 Å². The average molecular weight is 169 g/mol. The van der Waals surface area contributed by atoms with Crippen molar-refractivity contribution < 1.29 is 14.3 Å². The molecule has 0 aliphatic rings. The number of hydrogen-bond acceptors (Lipinski definition) is 4. The number of hydrogen-bond donors (Lipinski definition) is 0. The predicted molar refractivity (Wildman–Crippen MR) is 42.0 cm³/mol. The highest BCUT2D eigenvalue weighted by Gasteiger charge is 2.10. The van der Waals surface area contributed by atoms with E-state index in [0.29, 0.717) is 6.61 Å². The predicted octanol–water partition coefficient (Wildman–Crippen LogP) is 0.993. The van der Waals surface area contributed by atoms with Gasteiger partial charge in [-0.15, -0.1) is 0 Å². The van der Waals surface area contributed by atoms with Crippen LogP contribution in [-0.4, -0.2) is 19.2 Å². The average Bonchev–Trinajstić information content (AvgIpc) is 2.04. The Kier molecular flexibility index (Phi) is 5.45. The van der Waals surface area contributed by atoms with E-state index in [9.17, 15) is 4.79 Å². The summed E-state index contributed by atoms with van der Waals surface area (Å²) in [6, 6.07) is 1.70. The second-order valence-electron chi connectivity index (χ2n) is 1.79. The summed E-state index contributed by atoms with van der Waals surface area (Å²) in [7, 11) is 0. The number of nitrogens with zero attached hydrogens (tertiary/aromatic N) is 1. The van der Waals surface area contributed by atoms with Crippen molar-refractivity contribution in [2.45, 2.75) is 13.8 Å². The summed E-state index contributed by atoms with van der Waals surface area (Å²) in [5.41, 5.74) is 0. The van der Waals surface area contributed by atoms with Gasteiger partial charge in [-0.1, -0.05) is 0 Å². The van der Waals surface area contributed by atoms with E-state index < -0.39 is 5.97 Å². The van der Waals surface area contributed by atoms with Gasteiger partial charge < -0.3 is 9.47 Å². The van der Waals surface area contributed by atoms with Crippen LogP contribution >= 0.6 is 0 Å². The fourth-order valence-electron chi connectivity index (χ4n) is 0.576. The van der Waals surface area contributed by atoms with E-state index in [1.165, 1.54) is 0 Å². The number of rotatable bonds is 4. The first-order valence-electron chi connectivity index (χ1n) is 3.65. The lowest BCUT2D eigenvalue weighted by atomic mass is 10.4. The van der Waals surface area contributed by atoms with Crippen molar-refractivity contribution in [1.29, 1.82) is 5.26 Å². The van der Waals surface area contributed by atoms with Gasteiger partial charge in [0.25, 0.3) is 0 Å². The third-order valence-electron chi connectivity index (χ3n) is 0.972. The summed E-state index contributed by atoms with van der Waals surface area (Å²) in [5.74, 6) is -0.636. The highest BCUT2D eigenvalue weighted by atomic mass is 16.6. The Morgan fingerprint density at radius 1 is 1.42 bits per heavy atom. The Balaban J connectivity index is 4.22. The topological polar surface area (TPSA) is 59.3 Å². The van der Waals surface area contributed by atoms with Crippen LogP contribution < -0.4 is 0 Å². The molecule has 0 heterocycles. The molecule has 0 unspecified atom stereocenters. The first-order valence-corrected chi connectivity index (χ1v) is 3.65. The number of carbonyl (C=O) groups is 1. The molecule has 0 aromatic heterocycles. The van der Waals surface area contributed by atoms with Gasteiger partial charge in [0.05, 0.1) is 25.4 Å². The van der Waals surface area contributed by atoms with Gasteiger partial charge in [0.15, 0.2) is 0 Å². The third kappa shape index (κ3) is 3.62. The van der Waals surface area contributed by atoms with Gasteiger partial charge in [0, 0.05) is 0 Å². The second-order valence-corrected chi connectivity index (χ2v) is 1.79. The molecule has 0 saturated heterocycles. The Morgan fingerprint density at radius 2 is 2.00 bits per heavy atom. The van der Waals surface area contributed by atoms with Crippen LogP contribution in [0.15, 0.2) is 11.8 Å². The highest BCUT2D eigenvalue weighted by molar-refractivity contribution is 5.86. The maximum absolute atomic E-state index is 11.0. The molecule has 0 aromatic rings. The summed E-state index contributed by atoms with van der Waals surface area (Å²) in [5, 5.41) is 8.27. The van der Waals surface area contributed by atoms with Crippen LogP contribution in [0.4, 0.5) is 0 Å². The van der Waals surface area contributed by atoms with Crippen LogP contribution in [0.25, 0.3) is 0 Å². The fraction of sp³-hybridized carbons (Fsp3) is 0.500. The maximum atomic E-state index is 11.0. The van der Waals surface area contributed by atoms with Crippen molar-refractivity contribution in [3.05, 3.63) is 11.8 Å². The molecule has 4 nitrogen and oxygen atoms in total. The number of nitriles is 1. The van der Waals surface area contributed by atoms with E-state index in [1.807, 2.05) is 0 Å². The zero-order chi connectivity index (χ0) is 9.40. The minimum Gasteiger partial charge on any atom is -0.486 e. The molecular formula is C8H11NO3. The van der Waals surface area contributed by atoms with Crippen molar-refractivity contribution in [3.8, 4) is 6.07 Å². The molecule has 0 radical (unpaired) electrons.